The van der Waals surface area contributed by atoms with E-state index in [1.165, 1.54) is 5.56 Å². The molecule has 0 unspecified atom stereocenters. The van der Waals surface area contributed by atoms with Crippen molar-refractivity contribution in [2.24, 2.45) is 0 Å². The van der Waals surface area contributed by atoms with Crippen LogP contribution in [-0.2, 0) is 20.7 Å². The molecule has 5 nitrogen and oxygen atoms in total. The third-order valence-corrected chi connectivity index (χ3v) is 4.00. The lowest BCUT2D eigenvalue weighted by Crippen LogP contribution is -2.24. The molecule has 1 amide bonds. The fourth-order valence-corrected chi connectivity index (χ4v) is 2.26. The zero-order valence-corrected chi connectivity index (χ0v) is 14.9. The average Bonchev–Trinajstić information content (AvgIpc) is 2.62. The van der Waals surface area contributed by atoms with Gasteiger partial charge in [-0.1, -0.05) is 36.7 Å². The number of carbonyl (C=O) groups is 2. The summed E-state index contributed by atoms with van der Waals surface area (Å²) >= 11 is 5.99. The Bertz CT molecular complexity index is 744. The number of hydrogen-bond acceptors (Lipinski definition) is 4. The van der Waals surface area contributed by atoms with Crippen LogP contribution >= 0.6 is 11.6 Å². The highest BCUT2D eigenvalue weighted by atomic mass is 35.5. The van der Waals surface area contributed by atoms with Gasteiger partial charge in [0.05, 0.1) is 0 Å². The summed E-state index contributed by atoms with van der Waals surface area (Å²) in [4.78, 5) is 23.5. The van der Waals surface area contributed by atoms with Gasteiger partial charge in [0.1, 0.15) is 5.75 Å². The van der Waals surface area contributed by atoms with Crippen molar-refractivity contribution in [3.05, 3.63) is 58.6 Å². The number of esters is 1. The standard InChI is InChI=1S/C19H20ClNO4/c1-3-14-7-9-15(10-8-14)24-12-19(23)25-11-18(22)21-17-6-4-5-16(20)13(17)2/h4-10H,3,11-12H2,1-2H3,(H,21,22). The van der Waals surface area contributed by atoms with Crippen LogP contribution in [0.4, 0.5) is 5.69 Å². The molecule has 0 bridgehead atoms. The second kappa shape index (κ2) is 9.08. The smallest absolute Gasteiger partial charge is 0.344 e. The van der Waals surface area contributed by atoms with Crippen LogP contribution in [-0.4, -0.2) is 25.1 Å². The molecule has 0 heterocycles. The summed E-state index contributed by atoms with van der Waals surface area (Å²) in [5.41, 5.74) is 2.52. The third kappa shape index (κ3) is 5.80. The van der Waals surface area contributed by atoms with Crippen LogP contribution in [0.5, 0.6) is 5.75 Å². The molecule has 1 N–H and O–H groups in total. The molecule has 0 aromatic heterocycles. The lowest BCUT2D eigenvalue weighted by atomic mass is 10.2. The maximum atomic E-state index is 11.9. The Labute approximate surface area is 151 Å². The van der Waals surface area contributed by atoms with Gasteiger partial charge in [-0.25, -0.2) is 4.79 Å². The van der Waals surface area contributed by atoms with Gasteiger partial charge in [-0.3, -0.25) is 4.79 Å². The summed E-state index contributed by atoms with van der Waals surface area (Å²) in [7, 11) is 0. The first-order chi connectivity index (χ1) is 12.0. The highest BCUT2D eigenvalue weighted by molar-refractivity contribution is 6.31. The van der Waals surface area contributed by atoms with Crippen LogP contribution in [0, 0.1) is 6.92 Å². The molecule has 0 aliphatic carbocycles. The van der Waals surface area contributed by atoms with E-state index < -0.39 is 11.9 Å². The summed E-state index contributed by atoms with van der Waals surface area (Å²) in [6, 6.07) is 12.6. The second-order valence-electron chi connectivity index (χ2n) is 5.41. The molecule has 0 atom stereocenters. The van der Waals surface area contributed by atoms with E-state index in [1.807, 2.05) is 12.1 Å². The van der Waals surface area contributed by atoms with Gasteiger partial charge < -0.3 is 14.8 Å². The minimum Gasteiger partial charge on any atom is -0.482 e. The summed E-state index contributed by atoms with van der Waals surface area (Å²) in [6.45, 7) is 3.21. The fourth-order valence-electron chi connectivity index (χ4n) is 2.08. The first kappa shape index (κ1) is 18.8. The van der Waals surface area contributed by atoms with Crippen LogP contribution in [0.15, 0.2) is 42.5 Å². The molecule has 0 radical (unpaired) electrons. The molecule has 2 aromatic rings. The van der Waals surface area contributed by atoms with Crippen LogP contribution in [0.25, 0.3) is 0 Å². The first-order valence-corrected chi connectivity index (χ1v) is 8.29. The van der Waals surface area contributed by atoms with E-state index in [9.17, 15) is 9.59 Å². The number of benzene rings is 2. The predicted octanol–water partition coefficient (Wildman–Crippen LogP) is 3.77. The normalized spacial score (nSPS) is 10.2. The number of hydrogen-bond donors (Lipinski definition) is 1. The number of nitrogens with one attached hydrogen (secondary N) is 1. The molecule has 132 valence electrons. The molecule has 25 heavy (non-hydrogen) atoms. The molecule has 0 aliphatic heterocycles. The number of carbonyl (C=O) groups excluding carboxylic acids is 2. The van der Waals surface area contributed by atoms with Crippen molar-refractivity contribution >= 4 is 29.2 Å². The number of rotatable bonds is 7. The van der Waals surface area contributed by atoms with Gasteiger partial charge in [-0.15, -0.1) is 0 Å². The van der Waals surface area contributed by atoms with E-state index in [2.05, 4.69) is 12.2 Å². The molecule has 0 saturated carbocycles. The molecule has 2 rings (SSSR count). The molecule has 0 saturated heterocycles. The topological polar surface area (TPSA) is 64.6 Å². The Balaban J connectivity index is 1.75. The predicted molar refractivity (Wildman–Crippen MR) is 97.1 cm³/mol. The number of anilines is 1. The van der Waals surface area contributed by atoms with Gasteiger partial charge in [-0.05, 0) is 48.7 Å². The average molecular weight is 362 g/mol. The van der Waals surface area contributed by atoms with Gasteiger partial charge in [-0.2, -0.15) is 0 Å². The SMILES string of the molecule is CCc1ccc(OCC(=O)OCC(=O)Nc2cccc(Cl)c2C)cc1. The number of aryl methyl sites for hydroxylation is 1. The van der Waals surface area contributed by atoms with Crippen molar-refractivity contribution in [3.63, 3.8) is 0 Å². The van der Waals surface area contributed by atoms with Gasteiger partial charge in [0.25, 0.3) is 5.91 Å². The minimum absolute atomic E-state index is 0.255. The van der Waals surface area contributed by atoms with Gasteiger partial charge in [0.2, 0.25) is 0 Å². The van der Waals surface area contributed by atoms with Crippen molar-refractivity contribution in [1.29, 1.82) is 0 Å². The number of ether oxygens (including phenoxy) is 2. The van der Waals surface area contributed by atoms with Crippen molar-refractivity contribution in [2.75, 3.05) is 18.5 Å². The molecule has 2 aromatic carbocycles. The van der Waals surface area contributed by atoms with Crippen LogP contribution < -0.4 is 10.1 Å². The van der Waals surface area contributed by atoms with Crippen molar-refractivity contribution in [1.82, 2.24) is 0 Å². The third-order valence-electron chi connectivity index (χ3n) is 3.59. The van der Waals surface area contributed by atoms with Crippen LogP contribution in [0.1, 0.15) is 18.1 Å². The summed E-state index contributed by atoms with van der Waals surface area (Å²) in [5.74, 6) is -0.475. The fraction of sp³-hybridized carbons (Fsp3) is 0.263. The monoisotopic (exact) mass is 361 g/mol. The summed E-state index contributed by atoms with van der Waals surface area (Å²) in [5, 5.41) is 3.20. The quantitative estimate of drug-likeness (QED) is 0.762. The van der Waals surface area contributed by atoms with E-state index in [0.717, 1.165) is 12.0 Å². The van der Waals surface area contributed by atoms with E-state index in [4.69, 9.17) is 21.1 Å². The largest absolute Gasteiger partial charge is 0.482 e. The Morgan fingerprint density at radius 1 is 1.08 bits per heavy atom. The van der Waals surface area contributed by atoms with Crippen molar-refractivity contribution in [2.45, 2.75) is 20.3 Å². The van der Waals surface area contributed by atoms with Crippen LogP contribution in [0.3, 0.4) is 0 Å². The Morgan fingerprint density at radius 3 is 2.48 bits per heavy atom. The lowest BCUT2D eigenvalue weighted by molar-refractivity contribution is -0.149. The lowest BCUT2D eigenvalue weighted by Gasteiger charge is -2.10. The van der Waals surface area contributed by atoms with Crippen molar-refractivity contribution in [3.8, 4) is 5.75 Å². The first-order valence-electron chi connectivity index (χ1n) is 7.92. The maximum absolute atomic E-state index is 11.9. The van der Waals surface area contributed by atoms with E-state index in [-0.39, 0.29) is 13.2 Å². The zero-order chi connectivity index (χ0) is 18.2. The van der Waals surface area contributed by atoms with E-state index in [0.29, 0.717) is 16.5 Å². The highest BCUT2D eigenvalue weighted by Crippen LogP contribution is 2.22. The maximum Gasteiger partial charge on any atom is 0.344 e. The van der Waals surface area contributed by atoms with Crippen molar-refractivity contribution < 1.29 is 19.1 Å². The molecule has 0 aliphatic rings. The second-order valence-corrected chi connectivity index (χ2v) is 5.81. The molecule has 0 fully saturated rings. The molecule has 6 heteroatoms. The highest BCUT2D eigenvalue weighted by Gasteiger charge is 2.10. The van der Waals surface area contributed by atoms with Gasteiger partial charge >= 0.3 is 5.97 Å². The summed E-state index contributed by atoms with van der Waals surface area (Å²) < 4.78 is 10.2. The summed E-state index contributed by atoms with van der Waals surface area (Å²) in [6.07, 6.45) is 0.934. The Kier molecular flexibility index (Phi) is 6.83. The minimum atomic E-state index is -0.613. The number of amides is 1. The molecule has 0 spiro atoms. The van der Waals surface area contributed by atoms with Gasteiger partial charge in [0.15, 0.2) is 13.2 Å². The van der Waals surface area contributed by atoms with E-state index in [1.54, 1.807) is 37.3 Å². The zero-order valence-electron chi connectivity index (χ0n) is 14.2. The van der Waals surface area contributed by atoms with E-state index >= 15 is 0 Å². The number of halogens is 1. The van der Waals surface area contributed by atoms with Gasteiger partial charge in [0, 0.05) is 10.7 Å². The Morgan fingerprint density at radius 2 is 1.80 bits per heavy atom. The Hall–Kier alpha value is -2.53. The molecular formula is C19H20ClNO4. The van der Waals surface area contributed by atoms with Crippen LogP contribution in [0.2, 0.25) is 5.02 Å². The molecular weight excluding hydrogens is 342 g/mol.